The van der Waals surface area contributed by atoms with Gasteiger partial charge < -0.3 is 15.0 Å². The summed E-state index contributed by atoms with van der Waals surface area (Å²) in [6.45, 7) is 2.04. The maximum absolute atomic E-state index is 13.0. The first-order chi connectivity index (χ1) is 13.3. The first-order valence-corrected chi connectivity index (χ1v) is 9.35. The Morgan fingerprint density at radius 2 is 1.70 bits per heavy atom. The van der Waals surface area contributed by atoms with Crippen molar-refractivity contribution in [1.82, 2.24) is 4.98 Å². The van der Waals surface area contributed by atoms with Crippen LogP contribution in [0.3, 0.4) is 0 Å². The molecule has 1 amide bonds. The van der Waals surface area contributed by atoms with Gasteiger partial charge in [0.05, 0.1) is 18.4 Å². The van der Waals surface area contributed by atoms with Crippen molar-refractivity contribution in [3.8, 4) is 5.75 Å². The van der Waals surface area contributed by atoms with Gasteiger partial charge in [-0.3, -0.25) is 4.79 Å². The van der Waals surface area contributed by atoms with E-state index in [4.69, 9.17) is 4.74 Å². The number of fused-ring (bicyclic) bond motifs is 1. The lowest BCUT2D eigenvalue weighted by Gasteiger charge is -2.29. The Morgan fingerprint density at radius 3 is 2.48 bits per heavy atom. The second-order valence-electron chi connectivity index (χ2n) is 6.74. The topological polar surface area (TPSA) is 54.5 Å². The van der Waals surface area contributed by atoms with Crippen molar-refractivity contribution in [2.24, 2.45) is 0 Å². The summed E-state index contributed by atoms with van der Waals surface area (Å²) >= 11 is 0. The number of anilines is 2. The quantitative estimate of drug-likeness (QED) is 0.744. The Morgan fingerprint density at radius 1 is 1.00 bits per heavy atom. The fraction of sp³-hybridized carbons (Fsp3) is 0.273. The maximum atomic E-state index is 13.0. The van der Waals surface area contributed by atoms with Crippen molar-refractivity contribution in [2.75, 3.05) is 30.4 Å². The van der Waals surface area contributed by atoms with Crippen LogP contribution in [0.2, 0.25) is 0 Å². The van der Waals surface area contributed by atoms with Crippen molar-refractivity contribution in [3.05, 3.63) is 60.3 Å². The number of carbonyl (C=O) groups is 1. The lowest BCUT2D eigenvalue weighted by Crippen LogP contribution is -2.30. The Balaban J connectivity index is 1.71. The number of piperidine rings is 1. The third kappa shape index (κ3) is 3.45. The van der Waals surface area contributed by atoms with Gasteiger partial charge in [-0.25, -0.2) is 4.98 Å². The molecule has 0 spiro atoms. The fourth-order valence-electron chi connectivity index (χ4n) is 3.65. The van der Waals surface area contributed by atoms with Crippen molar-refractivity contribution in [2.45, 2.75) is 19.3 Å². The van der Waals surface area contributed by atoms with Gasteiger partial charge in [0.2, 0.25) is 0 Å². The standard InChI is InChI=1S/C22H23N3O2/c1-27-20-12-6-5-11-19(20)24-22(26)18-15-23-21(25-13-7-2-8-14-25)17-10-4-3-9-16(17)18/h3-6,9-12,15H,2,7-8,13-14H2,1H3,(H,24,26). The summed E-state index contributed by atoms with van der Waals surface area (Å²) in [7, 11) is 1.59. The third-order valence-electron chi connectivity index (χ3n) is 5.03. The van der Waals surface area contributed by atoms with E-state index in [2.05, 4.69) is 15.2 Å². The van der Waals surface area contributed by atoms with E-state index in [9.17, 15) is 4.79 Å². The first-order valence-electron chi connectivity index (χ1n) is 9.35. The molecule has 0 unspecified atom stereocenters. The summed E-state index contributed by atoms with van der Waals surface area (Å²) < 4.78 is 5.33. The average Bonchev–Trinajstić information content (AvgIpc) is 2.74. The van der Waals surface area contributed by atoms with Gasteiger partial charge >= 0.3 is 0 Å². The molecule has 1 saturated heterocycles. The molecular weight excluding hydrogens is 338 g/mol. The molecule has 0 atom stereocenters. The number of ether oxygens (including phenoxy) is 1. The number of aromatic nitrogens is 1. The SMILES string of the molecule is COc1ccccc1NC(=O)c1cnc(N2CCCCC2)c2ccccc12. The van der Waals surface area contributed by atoms with Crippen LogP contribution in [0.1, 0.15) is 29.6 Å². The summed E-state index contributed by atoms with van der Waals surface area (Å²) in [5.74, 6) is 1.42. The fourth-order valence-corrected chi connectivity index (χ4v) is 3.65. The lowest BCUT2D eigenvalue weighted by molar-refractivity contribution is 0.102. The molecule has 2 heterocycles. The van der Waals surface area contributed by atoms with E-state index in [1.807, 2.05) is 48.5 Å². The highest BCUT2D eigenvalue weighted by atomic mass is 16.5. The molecule has 2 aromatic carbocycles. The number of hydrogen-bond donors (Lipinski definition) is 1. The van der Waals surface area contributed by atoms with Gasteiger partial charge in [0.25, 0.3) is 5.91 Å². The number of hydrogen-bond acceptors (Lipinski definition) is 4. The zero-order valence-corrected chi connectivity index (χ0v) is 15.4. The van der Waals surface area contributed by atoms with E-state index < -0.39 is 0 Å². The predicted molar refractivity (Wildman–Crippen MR) is 109 cm³/mol. The monoisotopic (exact) mass is 361 g/mol. The van der Waals surface area contributed by atoms with Crippen LogP contribution in [0.25, 0.3) is 10.8 Å². The Bertz CT molecular complexity index is 965. The number of amides is 1. The molecule has 1 N–H and O–H groups in total. The number of pyridine rings is 1. The Labute approximate surface area is 159 Å². The number of nitrogens with one attached hydrogen (secondary N) is 1. The van der Waals surface area contributed by atoms with Crippen LogP contribution in [0, 0.1) is 0 Å². The molecule has 1 aromatic heterocycles. The van der Waals surface area contributed by atoms with Crippen LogP contribution < -0.4 is 15.0 Å². The van der Waals surface area contributed by atoms with Crippen LogP contribution in [0.5, 0.6) is 5.75 Å². The highest BCUT2D eigenvalue weighted by Gasteiger charge is 2.19. The Kier molecular flexibility index (Phi) is 4.92. The van der Waals surface area contributed by atoms with Crippen LogP contribution in [-0.4, -0.2) is 31.1 Å². The van der Waals surface area contributed by atoms with Crippen LogP contribution in [0.15, 0.2) is 54.7 Å². The lowest BCUT2D eigenvalue weighted by atomic mass is 10.0. The minimum atomic E-state index is -0.187. The highest BCUT2D eigenvalue weighted by Crippen LogP contribution is 2.30. The molecule has 0 aliphatic carbocycles. The molecule has 4 rings (SSSR count). The van der Waals surface area contributed by atoms with Gasteiger partial charge in [-0.1, -0.05) is 36.4 Å². The number of nitrogens with zero attached hydrogens (tertiary/aromatic N) is 2. The number of methoxy groups -OCH3 is 1. The summed E-state index contributed by atoms with van der Waals surface area (Å²) in [5, 5.41) is 4.89. The molecule has 0 bridgehead atoms. The molecule has 1 aliphatic heterocycles. The van der Waals surface area contributed by atoms with E-state index in [1.165, 1.54) is 19.3 Å². The molecular formula is C22H23N3O2. The molecule has 5 heteroatoms. The molecule has 138 valence electrons. The number of rotatable bonds is 4. The molecule has 3 aromatic rings. The van der Waals surface area contributed by atoms with E-state index >= 15 is 0 Å². The van der Waals surface area contributed by atoms with E-state index in [0.717, 1.165) is 29.7 Å². The predicted octanol–water partition coefficient (Wildman–Crippen LogP) is 4.49. The first kappa shape index (κ1) is 17.3. The van der Waals surface area contributed by atoms with Crippen LogP contribution in [0.4, 0.5) is 11.5 Å². The molecule has 0 saturated carbocycles. The smallest absolute Gasteiger partial charge is 0.257 e. The van der Waals surface area contributed by atoms with Gasteiger partial charge in [-0.2, -0.15) is 0 Å². The second-order valence-corrected chi connectivity index (χ2v) is 6.74. The zero-order chi connectivity index (χ0) is 18.6. The van der Waals surface area contributed by atoms with Crippen LogP contribution >= 0.6 is 0 Å². The molecule has 5 nitrogen and oxygen atoms in total. The zero-order valence-electron chi connectivity index (χ0n) is 15.4. The summed E-state index contributed by atoms with van der Waals surface area (Å²) in [6, 6.07) is 15.4. The minimum absolute atomic E-state index is 0.187. The number of para-hydroxylation sites is 2. The van der Waals surface area contributed by atoms with E-state index in [1.54, 1.807) is 13.3 Å². The Hall–Kier alpha value is -3.08. The maximum Gasteiger partial charge on any atom is 0.257 e. The molecule has 1 aliphatic rings. The van der Waals surface area contributed by atoms with Gasteiger partial charge in [0, 0.05) is 24.7 Å². The largest absolute Gasteiger partial charge is 0.495 e. The van der Waals surface area contributed by atoms with Crippen molar-refractivity contribution < 1.29 is 9.53 Å². The highest BCUT2D eigenvalue weighted by molar-refractivity contribution is 6.14. The molecule has 27 heavy (non-hydrogen) atoms. The van der Waals surface area contributed by atoms with Gasteiger partial charge in [0.15, 0.2) is 0 Å². The third-order valence-corrected chi connectivity index (χ3v) is 5.03. The van der Waals surface area contributed by atoms with Gasteiger partial charge in [0.1, 0.15) is 11.6 Å². The van der Waals surface area contributed by atoms with Crippen LogP contribution in [-0.2, 0) is 0 Å². The van der Waals surface area contributed by atoms with Gasteiger partial charge in [-0.15, -0.1) is 0 Å². The van der Waals surface area contributed by atoms with Gasteiger partial charge in [-0.05, 0) is 36.8 Å². The minimum Gasteiger partial charge on any atom is -0.495 e. The van der Waals surface area contributed by atoms with Crippen molar-refractivity contribution >= 4 is 28.2 Å². The van der Waals surface area contributed by atoms with Crippen molar-refractivity contribution in [1.29, 1.82) is 0 Å². The molecule has 0 radical (unpaired) electrons. The number of carbonyl (C=O) groups excluding carboxylic acids is 1. The normalized spacial score (nSPS) is 14.2. The van der Waals surface area contributed by atoms with Crippen molar-refractivity contribution in [3.63, 3.8) is 0 Å². The van der Waals surface area contributed by atoms with E-state index in [0.29, 0.717) is 17.0 Å². The summed E-state index contributed by atoms with van der Waals surface area (Å²) in [4.78, 5) is 20.0. The summed E-state index contributed by atoms with van der Waals surface area (Å²) in [6.07, 6.45) is 5.34. The molecule has 1 fully saturated rings. The second kappa shape index (κ2) is 7.66. The van der Waals surface area contributed by atoms with E-state index in [-0.39, 0.29) is 5.91 Å². The number of benzene rings is 2. The average molecular weight is 361 g/mol. The summed E-state index contributed by atoms with van der Waals surface area (Å²) in [5.41, 5.74) is 1.21.